The van der Waals surface area contributed by atoms with E-state index in [9.17, 15) is 4.79 Å². The van der Waals surface area contributed by atoms with Gasteiger partial charge >= 0.3 is 0 Å². The van der Waals surface area contributed by atoms with Crippen LogP contribution in [-0.2, 0) is 0 Å². The summed E-state index contributed by atoms with van der Waals surface area (Å²) in [4.78, 5) is 15.4. The number of amides is 1. The summed E-state index contributed by atoms with van der Waals surface area (Å²) in [6, 6.07) is 5.62. The van der Waals surface area contributed by atoms with Crippen molar-refractivity contribution in [2.45, 2.75) is 44.4 Å². The van der Waals surface area contributed by atoms with E-state index >= 15 is 0 Å². The lowest BCUT2D eigenvalue weighted by molar-refractivity contribution is 0.0556. The highest BCUT2D eigenvalue weighted by atomic mass is 79.9. The highest BCUT2D eigenvalue weighted by molar-refractivity contribution is 9.10. The number of likely N-dealkylation sites (tertiary alicyclic amines) is 1. The third-order valence-corrected chi connectivity index (χ3v) is 5.76. The minimum absolute atomic E-state index is 0.119. The SMILES string of the molecule is CCC1(CC)CCN(C(=O)c2cc(S)ccc2Br)CC1. The molecule has 0 saturated carbocycles. The number of benzene rings is 1. The van der Waals surface area contributed by atoms with Crippen LogP contribution in [0, 0.1) is 5.41 Å². The van der Waals surface area contributed by atoms with Crippen molar-refractivity contribution < 1.29 is 4.79 Å². The average Bonchev–Trinajstić information content (AvgIpc) is 2.49. The van der Waals surface area contributed by atoms with Gasteiger partial charge in [-0.1, -0.05) is 26.7 Å². The van der Waals surface area contributed by atoms with E-state index in [0.717, 1.165) is 40.9 Å². The zero-order valence-corrected chi connectivity index (χ0v) is 14.6. The second kappa shape index (κ2) is 6.52. The van der Waals surface area contributed by atoms with Gasteiger partial charge < -0.3 is 4.90 Å². The summed E-state index contributed by atoms with van der Waals surface area (Å²) in [6.45, 7) is 6.26. The molecule has 0 spiro atoms. The van der Waals surface area contributed by atoms with E-state index in [1.807, 2.05) is 23.1 Å². The molecule has 0 atom stereocenters. The fourth-order valence-electron chi connectivity index (χ4n) is 2.99. The summed E-state index contributed by atoms with van der Waals surface area (Å²) in [6.07, 6.45) is 4.65. The van der Waals surface area contributed by atoms with Gasteiger partial charge in [-0.2, -0.15) is 0 Å². The monoisotopic (exact) mass is 355 g/mol. The van der Waals surface area contributed by atoms with Crippen molar-refractivity contribution in [2.75, 3.05) is 13.1 Å². The Hall–Kier alpha value is -0.480. The molecule has 2 nitrogen and oxygen atoms in total. The first kappa shape index (κ1) is 15.9. The maximum Gasteiger partial charge on any atom is 0.255 e. The molecular weight excluding hydrogens is 334 g/mol. The summed E-state index contributed by atoms with van der Waals surface area (Å²) >= 11 is 7.79. The fraction of sp³-hybridized carbons (Fsp3) is 0.562. The van der Waals surface area contributed by atoms with Crippen LogP contribution >= 0.6 is 28.6 Å². The van der Waals surface area contributed by atoms with Gasteiger partial charge in [0.15, 0.2) is 0 Å². The van der Waals surface area contributed by atoms with E-state index < -0.39 is 0 Å². The largest absolute Gasteiger partial charge is 0.339 e. The number of rotatable bonds is 3. The zero-order chi connectivity index (χ0) is 14.8. The Bertz CT molecular complexity index is 489. The lowest BCUT2D eigenvalue weighted by Gasteiger charge is -2.41. The average molecular weight is 356 g/mol. The minimum Gasteiger partial charge on any atom is -0.339 e. The van der Waals surface area contributed by atoms with Crippen LogP contribution in [0.25, 0.3) is 0 Å². The van der Waals surface area contributed by atoms with Crippen molar-refractivity contribution in [1.29, 1.82) is 0 Å². The van der Waals surface area contributed by atoms with Crippen LogP contribution < -0.4 is 0 Å². The van der Waals surface area contributed by atoms with E-state index in [0.29, 0.717) is 5.41 Å². The molecule has 2 rings (SSSR count). The Morgan fingerprint density at radius 3 is 2.45 bits per heavy atom. The van der Waals surface area contributed by atoms with Gasteiger partial charge in [0.1, 0.15) is 0 Å². The normalized spacial score (nSPS) is 18.1. The van der Waals surface area contributed by atoms with E-state index in [-0.39, 0.29) is 5.91 Å². The molecule has 0 radical (unpaired) electrons. The lowest BCUT2D eigenvalue weighted by Crippen LogP contribution is -2.42. The highest BCUT2D eigenvalue weighted by Gasteiger charge is 2.33. The van der Waals surface area contributed by atoms with Gasteiger partial charge in [-0.05, 0) is 52.4 Å². The molecule has 1 amide bonds. The van der Waals surface area contributed by atoms with Crippen LogP contribution in [0.4, 0.5) is 0 Å². The number of carbonyl (C=O) groups excluding carboxylic acids is 1. The van der Waals surface area contributed by atoms with Gasteiger partial charge in [0.05, 0.1) is 5.56 Å². The molecule has 1 heterocycles. The summed E-state index contributed by atoms with van der Waals surface area (Å²) in [7, 11) is 0. The van der Waals surface area contributed by atoms with Gasteiger partial charge in [0.25, 0.3) is 5.91 Å². The third kappa shape index (κ3) is 3.22. The Labute approximate surface area is 135 Å². The van der Waals surface area contributed by atoms with Crippen LogP contribution in [-0.4, -0.2) is 23.9 Å². The standard InChI is InChI=1S/C16H22BrNOS/c1-3-16(4-2)7-9-18(10-8-16)15(19)13-11-12(20)5-6-14(13)17/h5-6,11,20H,3-4,7-10H2,1-2H3. The number of thiol groups is 1. The second-order valence-electron chi connectivity index (χ2n) is 5.66. The van der Waals surface area contributed by atoms with Gasteiger partial charge in [0, 0.05) is 22.5 Å². The van der Waals surface area contributed by atoms with Crippen molar-refractivity contribution in [3.63, 3.8) is 0 Å². The zero-order valence-electron chi connectivity index (χ0n) is 12.2. The molecule has 1 saturated heterocycles. The first-order valence-electron chi connectivity index (χ1n) is 7.29. The molecule has 0 bridgehead atoms. The van der Waals surface area contributed by atoms with E-state index in [4.69, 9.17) is 0 Å². The molecule has 1 aromatic carbocycles. The molecule has 0 aliphatic carbocycles. The Kier molecular flexibility index (Phi) is 5.19. The third-order valence-electron chi connectivity index (χ3n) is 4.79. The Morgan fingerprint density at radius 1 is 1.30 bits per heavy atom. The molecular formula is C16H22BrNOS. The van der Waals surface area contributed by atoms with Crippen LogP contribution in [0.5, 0.6) is 0 Å². The van der Waals surface area contributed by atoms with Crippen molar-refractivity contribution in [1.82, 2.24) is 4.90 Å². The summed E-state index contributed by atoms with van der Waals surface area (Å²) < 4.78 is 0.850. The number of nitrogens with zero attached hydrogens (tertiary/aromatic N) is 1. The maximum atomic E-state index is 12.6. The molecule has 1 fully saturated rings. The smallest absolute Gasteiger partial charge is 0.255 e. The first-order chi connectivity index (χ1) is 9.51. The Morgan fingerprint density at radius 2 is 1.90 bits per heavy atom. The summed E-state index contributed by atoms with van der Waals surface area (Å²) in [5, 5.41) is 0. The van der Waals surface area contributed by atoms with Crippen LogP contribution in [0.1, 0.15) is 49.9 Å². The topological polar surface area (TPSA) is 20.3 Å². The van der Waals surface area contributed by atoms with E-state index in [1.54, 1.807) is 0 Å². The number of hydrogen-bond donors (Lipinski definition) is 1. The van der Waals surface area contributed by atoms with Crippen LogP contribution in [0.15, 0.2) is 27.6 Å². The van der Waals surface area contributed by atoms with Crippen LogP contribution in [0.3, 0.4) is 0 Å². The van der Waals surface area contributed by atoms with E-state index in [2.05, 4.69) is 42.4 Å². The fourth-order valence-corrected chi connectivity index (χ4v) is 3.61. The van der Waals surface area contributed by atoms with E-state index in [1.165, 1.54) is 12.8 Å². The first-order valence-corrected chi connectivity index (χ1v) is 8.53. The number of carbonyl (C=O) groups is 1. The predicted molar refractivity (Wildman–Crippen MR) is 89.5 cm³/mol. The molecule has 1 aliphatic rings. The molecule has 0 aromatic heterocycles. The predicted octanol–water partition coefficient (Wildman–Crippen LogP) is 4.78. The number of piperidine rings is 1. The van der Waals surface area contributed by atoms with Gasteiger partial charge in [-0.15, -0.1) is 12.6 Å². The number of halogens is 1. The minimum atomic E-state index is 0.119. The molecule has 1 aromatic rings. The van der Waals surface area contributed by atoms with Gasteiger partial charge in [-0.25, -0.2) is 0 Å². The van der Waals surface area contributed by atoms with Crippen molar-refractivity contribution >= 4 is 34.5 Å². The number of hydrogen-bond acceptors (Lipinski definition) is 2. The molecule has 110 valence electrons. The van der Waals surface area contributed by atoms with Crippen molar-refractivity contribution in [3.05, 3.63) is 28.2 Å². The quantitative estimate of drug-likeness (QED) is 0.773. The summed E-state index contributed by atoms with van der Waals surface area (Å²) in [5.74, 6) is 0.119. The molecule has 1 aliphatic heterocycles. The van der Waals surface area contributed by atoms with Crippen molar-refractivity contribution in [3.8, 4) is 0 Å². The molecule has 0 unspecified atom stereocenters. The highest BCUT2D eigenvalue weighted by Crippen LogP contribution is 2.38. The Balaban J connectivity index is 2.10. The van der Waals surface area contributed by atoms with Gasteiger partial charge in [-0.3, -0.25) is 4.79 Å². The molecule has 0 N–H and O–H groups in total. The maximum absolute atomic E-state index is 12.6. The van der Waals surface area contributed by atoms with Gasteiger partial charge in [0.2, 0.25) is 0 Å². The summed E-state index contributed by atoms with van der Waals surface area (Å²) in [5.41, 5.74) is 1.16. The van der Waals surface area contributed by atoms with Crippen molar-refractivity contribution in [2.24, 2.45) is 5.41 Å². The second-order valence-corrected chi connectivity index (χ2v) is 7.03. The molecule has 4 heteroatoms. The molecule has 20 heavy (non-hydrogen) atoms. The van der Waals surface area contributed by atoms with Crippen LogP contribution in [0.2, 0.25) is 0 Å². The lowest BCUT2D eigenvalue weighted by atomic mass is 9.74.